The van der Waals surface area contributed by atoms with Gasteiger partial charge in [-0.1, -0.05) is 29.7 Å². The molecule has 12 heteroatoms. The highest BCUT2D eigenvalue weighted by molar-refractivity contribution is 7.71. The van der Waals surface area contributed by atoms with Crippen LogP contribution in [0.3, 0.4) is 0 Å². The van der Waals surface area contributed by atoms with E-state index < -0.39 is 32.0 Å². The Hall–Kier alpha value is -1.59. The number of hydrogen-bond acceptors (Lipinski definition) is 6. The summed E-state index contributed by atoms with van der Waals surface area (Å²) in [5.74, 6) is 3.02. The predicted octanol–water partition coefficient (Wildman–Crippen LogP) is 3.06. The third-order valence-corrected chi connectivity index (χ3v) is 6.40. The van der Waals surface area contributed by atoms with E-state index in [0.29, 0.717) is 29.2 Å². The second kappa shape index (κ2) is 8.51. The maximum Gasteiger partial charge on any atom is 0.396 e. The summed E-state index contributed by atoms with van der Waals surface area (Å²) in [5, 5.41) is -1.13. The predicted molar refractivity (Wildman–Crippen MR) is 116 cm³/mol. The second-order valence-electron chi connectivity index (χ2n) is 6.80. The average Bonchev–Trinajstić information content (AvgIpc) is 3.19. The van der Waals surface area contributed by atoms with Crippen LogP contribution in [0.5, 0.6) is 5.75 Å². The van der Waals surface area contributed by atoms with Crippen molar-refractivity contribution in [1.82, 2.24) is 9.55 Å². The molecule has 0 amide bonds. The monoisotopic (exact) mass is 458 g/mol. The molecule has 0 aliphatic carbocycles. The smallest absolute Gasteiger partial charge is 0.396 e. The number of aromatic nitrogens is 2. The van der Waals surface area contributed by atoms with Crippen LogP contribution in [-0.4, -0.2) is 36.7 Å². The van der Waals surface area contributed by atoms with Crippen LogP contribution in [0, 0.1) is 17.0 Å². The van der Waals surface area contributed by atoms with Crippen LogP contribution < -0.4 is 10.2 Å². The molecule has 4 rings (SSSR count). The molecule has 2 aliphatic heterocycles. The first kappa shape index (κ1) is 21.6. The van der Waals surface area contributed by atoms with Crippen LogP contribution in [0.15, 0.2) is 29.2 Å². The van der Waals surface area contributed by atoms with Gasteiger partial charge in [0.2, 0.25) is 0 Å². The fraction of sp³-hybridized carbons (Fsp3) is 0.333. The van der Waals surface area contributed by atoms with Crippen molar-refractivity contribution in [3.8, 4) is 18.1 Å². The molecule has 150 valence electrons. The van der Waals surface area contributed by atoms with E-state index in [9.17, 15) is 4.79 Å². The average molecular weight is 458 g/mol. The Bertz CT molecular complexity index is 1130. The molecular formula is C18H14B2ClN2O5PS. The molecule has 0 saturated carbocycles. The number of ether oxygens (including phenoxy) is 1. The van der Waals surface area contributed by atoms with Crippen molar-refractivity contribution in [2.75, 3.05) is 0 Å². The van der Waals surface area contributed by atoms with Gasteiger partial charge < -0.3 is 13.8 Å². The molecule has 1 saturated heterocycles. The van der Waals surface area contributed by atoms with Crippen LogP contribution in [-0.2, 0) is 20.4 Å². The number of aromatic amines is 1. The Labute approximate surface area is 186 Å². The fourth-order valence-electron chi connectivity index (χ4n) is 3.17. The van der Waals surface area contributed by atoms with Gasteiger partial charge in [0.15, 0.2) is 0 Å². The van der Waals surface area contributed by atoms with Crippen molar-refractivity contribution >= 4 is 48.1 Å². The Balaban J connectivity index is 1.45. The quantitative estimate of drug-likeness (QED) is 0.329. The van der Waals surface area contributed by atoms with Crippen molar-refractivity contribution in [3.63, 3.8) is 0 Å². The number of rotatable bonds is 4. The van der Waals surface area contributed by atoms with E-state index in [0.717, 1.165) is 5.56 Å². The lowest BCUT2D eigenvalue weighted by atomic mass is 9.61. The minimum Gasteiger partial charge on any atom is -0.426 e. The number of nitrogens with one attached hydrogen (secondary N) is 1. The maximum absolute atomic E-state index is 12.3. The number of hydrogen-bond donors (Lipinski definition) is 1. The molecule has 1 fully saturated rings. The molecule has 2 aliphatic rings. The van der Waals surface area contributed by atoms with Gasteiger partial charge in [-0.2, -0.15) is 0 Å². The number of nitrogens with zero attached hydrogens (tertiary/aromatic N) is 1. The van der Waals surface area contributed by atoms with E-state index in [1.807, 2.05) is 0 Å². The van der Waals surface area contributed by atoms with Gasteiger partial charge in [0.25, 0.3) is 0 Å². The zero-order chi connectivity index (χ0) is 21.5. The van der Waals surface area contributed by atoms with Crippen molar-refractivity contribution in [2.45, 2.75) is 37.2 Å². The Morgan fingerprint density at radius 2 is 2.23 bits per heavy atom. The van der Waals surface area contributed by atoms with Crippen LogP contribution >= 0.6 is 32.4 Å². The van der Waals surface area contributed by atoms with Crippen molar-refractivity contribution in [3.05, 3.63) is 55.7 Å². The highest BCUT2D eigenvalue weighted by Crippen LogP contribution is 2.50. The minimum atomic E-state index is -1.85. The standard InChI is InChI=1S/C18H14B2ClN2O5PS/c1-2-10-8-23(17(24)22-16(10)30)15-6-5-14(26-15)18(19,20)28-29-25-9-11-7-12(21)3-4-13(11)27-29/h1,3-4,7-8,14-15H,5-6,9H2,(H,22,24,30). The van der Waals surface area contributed by atoms with Gasteiger partial charge in [0.05, 0.1) is 18.3 Å². The Morgan fingerprint density at radius 1 is 1.43 bits per heavy atom. The fourth-order valence-corrected chi connectivity index (χ4v) is 4.67. The van der Waals surface area contributed by atoms with Crippen LogP contribution in [0.25, 0.3) is 0 Å². The molecule has 3 atom stereocenters. The van der Waals surface area contributed by atoms with E-state index >= 15 is 0 Å². The van der Waals surface area contributed by atoms with Gasteiger partial charge in [-0.3, -0.25) is 14.1 Å². The zero-order valence-electron chi connectivity index (χ0n) is 15.5. The maximum atomic E-state index is 12.3. The normalized spacial score (nSPS) is 23.4. The SMILES string of the molecule is [B]C([B])(OP1OCc2cc(Cl)ccc2O1)C1CCC(n2cc(C#C)c(=S)[nH]c2=O)O1. The molecular weight excluding hydrogens is 444 g/mol. The van der Waals surface area contributed by atoms with Gasteiger partial charge in [-0.15, -0.1) is 6.42 Å². The van der Waals surface area contributed by atoms with Crippen LogP contribution in [0.4, 0.5) is 0 Å². The van der Waals surface area contributed by atoms with Gasteiger partial charge in [0.1, 0.15) is 32.3 Å². The number of terminal acetylenes is 1. The van der Waals surface area contributed by atoms with Gasteiger partial charge in [-0.25, -0.2) is 4.79 Å². The lowest BCUT2D eigenvalue weighted by molar-refractivity contribution is -0.0469. The largest absolute Gasteiger partial charge is 0.426 e. The number of H-pyrrole nitrogens is 1. The molecule has 30 heavy (non-hydrogen) atoms. The highest BCUT2D eigenvalue weighted by Gasteiger charge is 2.41. The first-order chi connectivity index (χ1) is 14.3. The number of benzene rings is 1. The van der Waals surface area contributed by atoms with E-state index in [-0.39, 0.29) is 11.2 Å². The van der Waals surface area contributed by atoms with Crippen molar-refractivity contribution < 1.29 is 18.3 Å². The second-order valence-corrected chi connectivity index (χ2v) is 8.71. The minimum absolute atomic E-state index is 0.194. The molecule has 7 nitrogen and oxygen atoms in total. The number of halogens is 1. The van der Waals surface area contributed by atoms with E-state index in [1.54, 1.807) is 18.2 Å². The first-order valence-electron chi connectivity index (χ1n) is 8.90. The molecule has 0 bridgehead atoms. The lowest BCUT2D eigenvalue weighted by Gasteiger charge is -2.36. The molecule has 1 aromatic carbocycles. The summed E-state index contributed by atoms with van der Waals surface area (Å²) in [7, 11) is 10.5. The summed E-state index contributed by atoms with van der Waals surface area (Å²) in [6.45, 7) is 0.249. The number of fused-ring (bicyclic) bond motifs is 1. The Kier molecular flexibility index (Phi) is 6.13. The van der Waals surface area contributed by atoms with E-state index in [2.05, 4.69) is 10.9 Å². The topological polar surface area (TPSA) is 74.7 Å². The van der Waals surface area contributed by atoms with E-state index in [1.165, 1.54) is 10.8 Å². The van der Waals surface area contributed by atoms with Crippen molar-refractivity contribution in [1.29, 1.82) is 0 Å². The summed E-state index contributed by atoms with van der Waals surface area (Å²) in [5.41, 5.74) is 0.737. The first-order valence-corrected chi connectivity index (χ1v) is 10.8. The van der Waals surface area contributed by atoms with Gasteiger partial charge in [0, 0.05) is 22.2 Å². The molecule has 1 N–H and O–H groups in total. The summed E-state index contributed by atoms with van der Waals surface area (Å²) >= 11 is 11.0. The highest BCUT2D eigenvalue weighted by atomic mass is 35.5. The summed E-state index contributed by atoms with van der Waals surface area (Å²) in [4.78, 5) is 14.8. The molecule has 4 radical (unpaired) electrons. The molecule has 2 aromatic rings. The third kappa shape index (κ3) is 4.38. The zero-order valence-corrected chi connectivity index (χ0v) is 18.0. The molecule has 3 heterocycles. The van der Waals surface area contributed by atoms with Crippen molar-refractivity contribution in [2.24, 2.45) is 0 Å². The van der Waals surface area contributed by atoms with Crippen LogP contribution in [0.1, 0.15) is 30.2 Å². The third-order valence-electron chi connectivity index (χ3n) is 4.69. The summed E-state index contributed by atoms with van der Waals surface area (Å²) in [6.07, 6.45) is 6.48. The molecule has 1 aromatic heterocycles. The Morgan fingerprint density at radius 3 is 3.00 bits per heavy atom. The summed E-state index contributed by atoms with van der Waals surface area (Å²) < 4.78 is 24.4. The van der Waals surface area contributed by atoms with E-state index in [4.69, 9.17) is 64.2 Å². The lowest BCUT2D eigenvalue weighted by Crippen LogP contribution is -2.45. The van der Waals surface area contributed by atoms with Gasteiger partial charge >= 0.3 is 14.3 Å². The molecule has 0 spiro atoms. The van der Waals surface area contributed by atoms with Gasteiger partial charge in [-0.05, 0) is 31.0 Å². The summed E-state index contributed by atoms with van der Waals surface area (Å²) in [6, 6.07) is 5.18. The molecule has 3 unspecified atom stereocenters. The van der Waals surface area contributed by atoms with Crippen LogP contribution in [0.2, 0.25) is 5.02 Å².